The average Bonchev–Trinajstić information content (AvgIpc) is 2.07. The van der Waals surface area contributed by atoms with Crippen molar-refractivity contribution in [2.24, 2.45) is 5.92 Å². The molecular weight excluding hydrogens is 144 g/mol. The first-order valence-corrected chi connectivity index (χ1v) is 4.47. The van der Waals surface area contributed by atoms with Crippen LogP contribution in [0.1, 0.15) is 20.3 Å². The van der Waals surface area contributed by atoms with Crippen molar-refractivity contribution < 1.29 is 0 Å². The molecule has 0 spiro atoms. The van der Waals surface area contributed by atoms with Crippen LogP contribution in [0.2, 0.25) is 0 Å². The molecule has 64 valence electrons. The molecule has 1 aliphatic rings. The first-order chi connectivity index (χ1) is 5.79. The molecule has 1 atom stereocenters. The molecule has 0 bridgehead atoms. The molecule has 0 N–H and O–H groups in total. The van der Waals surface area contributed by atoms with E-state index in [4.69, 9.17) is 0 Å². The summed E-state index contributed by atoms with van der Waals surface area (Å²) in [5.74, 6) is 0.538. The zero-order valence-corrected chi connectivity index (χ0v) is 7.83. The summed E-state index contributed by atoms with van der Waals surface area (Å²) < 4.78 is 0. The van der Waals surface area contributed by atoms with Gasteiger partial charge in [0.2, 0.25) is 0 Å². The molecule has 1 rings (SSSR count). The van der Waals surface area contributed by atoms with Crippen LogP contribution in [0.25, 0.3) is 0 Å². The Morgan fingerprint density at radius 1 is 1.25 bits per heavy atom. The Morgan fingerprint density at radius 3 is 2.92 bits per heavy atom. The van der Waals surface area contributed by atoms with Crippen LogP contribution in [0, 0.1) is 5.92 Å². The molecule has 0 saturated carbocycles. The second kappa shape index (κ2) is 4.76. The number of hydrogen-bond acceptors (Lipinski definition) is 0. The third kappa shape index (κ3) is 3.38. The van der Waals surface area contributed by atoms with Gasteiger partial charge in [0.05, 0.1) is 0 Å². The van der Waals surface area contributed by atoms with E-state index in [9.17, 15) is 0 Å². The van der Waals surface area contributed by atoms with Crippen molar-refractivity contribution in [1.29, 1.82) is 0 Å². The lowest BCUT2D eigenvalue weighted by Gasteiger charge is -1.98. The molecule has 0 fully saturated rings. The highest BCUT2D eigenvalue weighted by Gasteiger charge is 1.89. The topological polar surface area (TPSA) is 0 Å². The molecule has 0 amide bonds. The van der Waals surface area contributed by atoms with E-state index >= 15 is 0 Å². The van der Waals surface area contributed by atoms with Gasteiger partial charge in [-0.1, -0.05) is 55.0 Å². The minimum Gasteiger partial charge on any atom is -0.0807 e. The maximum Gasteiger partial charge on any atom is -0.00755 e. The molecular formula is C12H16. The van der Waals surface area contributed by atoms with Crippen LogP contribution in [-0.2, 0) is 0 Å². The quantitative estimate of drug-likeness (QED) is 0.507. The second-order valence-electron chi connectivity index (χ2n) is 3.22. The van der Waals surface area contributed by atoms with Crippen LogP contribution in [0.3, 0.4) is 0 Å². The summed E-state index contributed by atoms with van der Waals surface area (Å²) in [5.41, 5.74) is 1.35. The first kappa shape index (κ1) is 9.05. The van der Waals surface area contributed by atoms with Crippen molar-refractivity contribution >= 4 is 0 Å². The highest BCUT2D eigenvalue weighted by molar-refractivity contribution is 5.21. The lowest BCUT2D eigenvalue weighted by Crippen LogP contribution is -1.82. The smallest absolute Gasteiger partial charge is 0.00755 e. The summed E-state index contributed by atoms with van der Waals surface area (Å²) in [7, 11) is 0. The second-order valence-corrected chi connectivity index (χ2v) is 3.22. The molecule has 0 saturated heterocycles. The van der Waals surface area contributed by atoms with Gasteiger partial charge in [-0.3, -0.25) is 0 Å². The number of hydrogen-bond donors (Lipinski definition) is 0. The maximum absolute atomic E-state index is 2.24. The van der Waals surface area contributed by atoms with E-state index in [1.165, 1.54) is 5.57 Å². The van der Waals surface area contributed by atoms with Crippen molar-refractivity contribution in [3.05, 3.63) is 48.1 Å². The summed E-state index contributed by atoms with van der Waals surface area (Å²) in [6, 6.07) is 0. The maximum atomic E-state index is 2.24. The summed E-state index contributed by atoms with van der Waals surface area (Å²) in [4.78, 5) is 0. The molecule has 0 nitrogen and oxygen atoms in total. The first-order valence-electron chi connectivity index (χ1n) is 4.47. The predicted octanol–water partition coefficient (Wildman–Crippen LogP) is 3.64. The Bertz CT molecular complexity index is 239. The average molecular weight is 160 g/mol. The van der Waals surface area contributed by atoms with Crippen LogP contribution >= 0.6 is 0 Å². The van der Waals surface area contributed by atoms with Crippen molar-refractivity contribution in [1.82, 2.24) is 0 Å². The molecule has 1 aliphatic carbocycles. The monoisotopic (exact) mass is 160 g/mol. The third-order valence-corrected chi connectivity index (χ3v) is 1.90. The normalized spacial score (nSPS) is 36.2. The molecule has 0 radical (unpaired) electrons. The van der Waals surface area contributed by atoms with E-state index < -0.39 is 0 Å². The highest BCUT2D eigenvalue weighted by atomic mass is 14.0. The van der Waals surface area contributed by atoms with Crippen molar-refractivity contribution in [2.75, 3.05) is 0 Å². The summed E-state index contributed by atoms with van der Waals surface area (Å²) in [6.07, 6.45) is 16.3. The summed E-state index contributed by atoms with van der Waals surface area (Å²) in [6.45, 7) is 4.33. The van der Waals surface area contributed by atoms with Crippen LogP contribution in [0.4, 0.5) is 0 Å². The van der Waals surface area contributed by atoms with Gasteiger partial charge in [0.1, 0.15) is 0 Å². The Labute approximate surface area is 75.0 Å². The van der Waals surface area contributed by atoms with E-state index in [1.54, 1.807) is 0 Å². The van der Waals surface area contributed by atoms with Crippen molar-refractivity contribution in [2.45, 2.75) is 20.3 Å². The Balaban J connectivity index is 2.73. The van der Waals surface area contributed by atoms with Crippen LogP contribution in [0.15, 0.2) is 48.1 Å². The molecule has 0 aromatic carbocycles. The standard InChI is InChI=1S/C12H16/c1-11-7-5-3-4-6-8-12(2)10-9-11/h3-5,7-11H,6H2,1-2H3/b4-3-,7-5-,10-9-,12-8-. The predicted molar refractivity (Wildman–Crippen MR) is 55.0 cm³/mol. The largest absolute Gasteiger partial charge is 0.0807 e. The Hall–Kier alpha value is -1.04. The van der Waals surface area contributed by atoms with Gasteiger partial charge in [-0.25, -0.2) is 0 Å². The zero-order valence-electron chi connectivity index (χ0n) is 7.83. The van der Waals surface area contributed by atoms with Crippen molar-refractivity contribution in [3.8, 4) is 0 Å². The summed E-state index contributed by atoms with van der Waals surface area (Å²) >= 11 is 0. The van der Waals surface area contributed by atoms with Gasteiger partial charge in [0.15, 0.2) is 0 Å². The van der Waals surface area contributed by atoms with Crippen LogP contribution < -0.4 is 0 Å². The number of rotatable bonds is 0. The molecule has 0 aromatic rings. The molecule has 0 aromatic heterocycles. The van der Waals surface area contributed by atoms with Gasteiger partial charge in [0.25, 0.3) is 0 Å². The van der Waals surface area contributed by atoms with Crippen molar-refractivity contribution in [3.63, 3.8) is 0 Å². The van der Waals surface area contributed by atoms with E-state index in [0.29, 0.717) is 5.92 Å². The fraction of sp³-hybridized carbons (Fsp3) is 0.333. The molecule has 0 heterocycles. The minimum absolute atomic E-state index is 0.538. The lowest BCUT2D eigenvalue weighted by atomic mass is 10.1. The lowest BCUT2D eigenvalue weighted by molar-refractivity contribution is 0.937. The van der Waals surface area contributed by atoms with E-state index in [-0.39, 0.29) is 0 Å². The molecule has 0 heteroatoms. The Kier molecular flexibility index (Phi) is 3.59. The third-order valence-electron chi connectivity index (χ3n) is 1.90. The van der Waals surface area contributed by atoms with Gasteiger partial charge in [-0.05, 0) is 19.3 Å². The summed E-state index contributed by atoms with van der Waals surface area (Å²) in [5, 5.41) is 0. The fourth-order valence-corrected chi connectivity index (χ4v) is 1.09. The SMILES string of the molecule is CC1=C/C/C=C\C=C/C(C)/C=C\1. The van der Waals surface area contributed by atoms with Gasteiger partial charge in [0, 0.05) is 0 Å². The van der Waals surface area contributed by atoms with Crippen LogP contribution in [0.5, 0.6) is 0 Å². The zero-order chi connectivity index (χ0) is 8.81. The molecule has 12 heavy (non-hydrogen) atoms. The molecule has 1 unspecified atom stereocenters. The van der Waals surface area contributed by atoms with Gasteiger partial charge in [-0.2, -0.15) is 0 Å². The van der Waals surface area contributed by atoms with E-state index in [2.05, 4.69) is 56.4 Å². The molecule has 0 aliphatic heterocycles. The van der Waals surface area contributed by atoms with Gasteiger partial charge < -0.3 is 0 Å². The highest BCUT2D eigenvalue weighted by Crippen LogP contribution is 2.06. The minimum atomic E-state index is 0.538. The van der Waals surface area contributed by atoms with E-state index in [1.807, 2.05) is 0 Å². The Morgan fingerprint density at radius 2 is 2.08 bits per heavy atom. The van der Waals surface area contributed by atoms with Gasteiger partial charge in [-0.15, -0.1) is 0 Å². The van der Waals surface area contributed by atoms with Crippen LogP contribution in [-0.4, -0.2) is 0 Å². The van der Waals surface area contributed by atoms with Gasteiger partial charge >= 0.3 is 0 Å². The fourth-order valence-electron chi connectivity index (χ4n) is 1.09. The van der Waals surface area contributed by atoms with E-state index in [0.717, 1.165) is 6.42 Å². The number of allylic oxidation sites excluding steroid dienone is 8.